The van der Waals surface area contributed by atoms with Crippen molar-refractivity contribution in [3.63, 3.8) is 0 Å². The first kappa shape index (κ1) is 10.0. The Bertz CT molecular complexity index is 120. The molecule has 0 saturated heterocycles. The lowest BCUT2D eigenvalue weighted by Gasteiger charge is -2.31. The molecule has 1 nitrogen and oxygen atoms in total. The normalized spacial score (nSPS) is 33.2. The second-order valence-corrected chi connectivity index (χ2v) is 4.18. The number of hydrogen-bond donors (Lipinski definition) is 1. The molecule has 12 heavy (non-hydrogen) atoms. The summed E-state index contributed by atoms with van der Waals surface area (Å²) in [7, 11) is 0. The quantitative estimate of drug-likeness (QED) is 0.690. The van der Waals surface area contributed by atoms with E-state index in [0.717, 1.165) is 12.3 Å². The van der Waals surface area contributed by atoms with Crippen molar-refractivity contribution in [2.45, 2.75) is 58.5 Å². The highest BCUT2D eigenvalue weighted by atomic mass is 16.3. The van der Waals surface area contributed by atoms with Gasteiger partial charge in [-0.2, -0.15) is 0 Å². The zero-order chi connectivity index (χ0) is 8.97. The van der Waals surface area contributed by atoms with Crippen LogP contribution >= 0.6 is 0 Å². The molecule has 72 valence electrons. The minimum Gasteiger partial charge on any atom is -0.393 e. The Hall–Kier alpha value is -0.0400. The van der Waals surface area contributed by atoms with E-state index in [0.29, 0.717) is 5.92 Å². The van der Waals surface area contributed by atoms with Crippen molar-refractivity contribution < 1.29 is 5.11 Å². The molecule has 0 spiro atoms. The smallest absolute Gasteiger partial charge is 0.0565 e. The molecule has 3 atom stereocenters. The van der Waals surface area contributed by atoms with E-state index >= 15 is 0 Å². The molecule has 0 aromatic heterocycles. The minimum absolute atomic E-state index is 0.0284. The third-order valence-electron chi connectivity index (χ3n) is 3.36. The van der Waals surface area contributed by atoms with Crippen LogP contribution in [0.1, 0.15) is 52.4 Å². The summed E-state index contributed by atoms with van der Waals surface area (Å²) in [5, 5.41) is 9.70. The standard InChI is InChI=1S/C11H22O/c1-3-9-6-5-7-10(8-9)11(12)4-2/h9-12H,3-8H2,1-2H3/t9?,10?,11-/m0/s1. The summed E-state index contributed by atoms with van der Waals surface area (Å²) in [6, 6.07) is 0. The maximum absolute atomic E-state index is 9.70. The molecule has 1 heteroatoms. The van der Waals surface area contributed by atoms with Crippen LogP contribution in [-0.2, 0) is 0 Å². The van der Waals surface area contributed by atoms with E-state index in [1.54, 1.807) is 0 Å². The fourth-order valence-corrected chi connectivity index (χ4v) is 2.39. The van der Waals surface area contributed by atoms with Gasteiger partial charge < -0.3 is 5.11 Å². The predicted molar refractivity (Wildman–Crippen MR) is 52.0 cm³/mol. The van der Waals surface area contributed by atoms with Crippen molar-refractivity contribution in [3.05, 3.63) is 0 Å². The number of aliphatic hydroxyl groups excluding tert-OH is 1. The SMILES string of the molecule is CCC1CCCC([C@@H](O)CC)C1. The summed E-state index contributed by atoms with van der Waals surface area (Å²) in [6.07, 6.45) is 7.45. The fourth-order valence-electron chi connectivity index (χ4n) is 2.39. The molecule has 1 aliphatic carbocycles. The van der Waals surface area contributed by atoms with Crippen LogP contribution in [0.3, 0.4) is 0 Å². The van der Waals surface area contributed by atoms with Crippen LogP contribution in [0.15, 0.2) is 0 Å². The van der Waals surface area contributed by atoms with Gasteiger partial charge in [-0.05, 0) is 31.1 Å². The molecule has 1 rings (SSSR count). The van der Waals surface area contributed by atoms with Gasteiger partial charge in [0.05, 0.1) is 6.10 Å². The molecule has 0 aromatic rings. The maximum Gasteiger partial charge on any atom is 0.0565 e. The lowest BCUT2D eigenvalue weighted by molar-refractivity contribution is 0.0654. The zero-order valence-corrected chi connectivity index (χ0v) is 8.42. The van der Waals surface area contributed by atoms with Gasteiger partial charge in [0.1, 0.15) is 0 Å². The van der Waals surface area contributed by atoms with E-state index in [4.69, 9.17) is 0 Å². The summed E-state index contributed by atoms with van der Waals surface area (Å²) in [6.45, 7) is 4.35. The summed E-state index contributed by atoms with van der Waals surface area (Å²) < 4.78 is 0. The summed E-state index contributed by atoms with van der Waals surface area (Å²) in [4.78, 5) is 0. The van der Waals surface area contributed by atoms with Gasteiger partial charge in [0, 0.05) is 0 Å². The molecule has 1 N–H and O–H groups in total. The van der Waals surface area contributed by atoms with Gasteiger partial charge in [-0.25, -0.2) is 0 Å². The summed E-state index contributed by atoms with van der Waals surface area (Å²) in [5.74, 6) is 1.50. The minimum atomic E-state index is -0.0284. The molecule has 0 bridgehead atoms. The lowest BCUT2D eigenvalue weighted by atomic mass is 9.77. The van der Waals surface area contributed by atoms with E-state index in [2.05, 4.69) is 13.8 Å². The average molecular weight is 170 g/mol. The molecule has 0 aliphatic heterocycles. The van der Waals surface area contributed by atoms with Crippen LogP contribution in [0, 0.1) is 11.8 Å². The monoisotopic (exact) mass is 170 g/mol. The largest absolute Gasteiger partial charge is 0.393 e. The van der Waals surface area contributed by atoms with E-state index in [9.17, 15) is 5.11 Å². The Morgan fingerprint density at radius 1 is 1.33 bits per heavy atom. The van der Waals surface area contributed by atoms with Crippen molar-refractivity contribution in [3.8, 4) is 0 Å². The van der Waals surface area contributed by atoms with Crippen LogP contribution in [-0.4, -0.2) is 11.2 Å². The number of aliphatic hydroxyl groups is 1. The van der Waals surface area contributed by atoms with E-state index < -0.39 is 0 Å². The van der Waals surface area contributed by atoms with Gasteiger partial charge in [0.15, 0.2) is 0 Å². The average Bonchev–Trinajstić information content (AvgIpc) is 2.17. The van der Waals surface area contributed by atoms with E-state index in [1.807, 2.05) is 0 Å². The maximum atomic E-state index is 9.70. The van der Waals surface area contributed by atoms with Crippen molar-refractivity contribution in [2.75, 3.05) is 0 Å². The third kappa shape index (κ3) is 2.48. The molecule has 1 aliphatic rings. The molecule has 1 saturated carbocycles. The van der Waals surface area contributed by atoms with Crippen molar-refractivity contribution in [2.24, 2.45) is 11.8 Å². The number of hydrogen-bond acceptors (Lipinski definition) is 1. The summed E-state index contributed by atoms with van der Waals surface area (Å²) in [5.41, 5.74) is 0. The van der Waals surface area contributed by atoms with Gasteiger partial charge >= 0.3 is 0 Å². The molecule has 0 heterocycles. The molecular formula is C11H22O. The van der Waals surface area contributed by atoms with Gasteiger partial charge in [0.2, 0.25) is 0 Å². The molecule has 0 amide bonds. The first-order valence-electron chi connectivity index (χ1n) is 5.46. The highest BCUT2D eigenvalue weighted by Gasteiger charge is 2.25. The predicted octanol–water partition coefficient (Wildman–Crippen LogP) is 2.97. The Labute approximate surface area is 76.2 Å². The summed E-state index contributed by atoms with van der Waals surface area (Å²) >= 11 is 0. The Kier molecular flexibility index (Phi) is 4.07. The second kappa shape index (κ2) is 4.86. The van der Waals surface area contributed by atoms with Gasteiger partial charge in [-0.15, -0.1) is 0 Å². The second-order valence-electron chi connectivity index (χ2n) is 4.18. The van der Waals surface area contributed by atoms with Gasteiger partial charge in [0.25, 0.3) is 0 Å². The first-order valence-corrected chi connectivity index (χ1v) is 5.46. The van der Waals surface area contributed by atoms with Crippen molar-refractivity contribution in [1.82, 2.24) is 0 Å². The van der Waals surface area contributed by atoms with Crippen LogP contribution < -0.4 is 0 Å². The Balaban J connectivity index is 2.34. The van der Waals surface area contributed by atoms with Gasteiger partial charge in [-0.3, -0.25) is 0 Å². The molecule has 0 radical (unpaired) electrons. The van der Waals surface area contributed by atoms with Crippen LogP contribution in [0.5, 0.6) is 0 Å². The van der Waals surface area contributed by atoms with E-state index in [-0.39, 0.29) is 6.10 Å². The lowest BCUT2D eigenvalue weighted by Crippen LogP contribution is -2.25. The topological polar surface area (TPSA) is 20.2 Å². The van der Waals surface area contributed by atoms with Crippen LogP contribution in [0.4, 0.5) is 0 Å². The van der Waals surface area contributed by atoms with Gasteiger partial charge in [-0.1, -0.05) is 33.1 Å². The third-order valence-corrected chi connectivity index (χ3v) is 3.36. The Morgan fingerprint density at radius 3 is 2.67 bits per heavy atom. The van der Waals surface area contributed by atoms with Crippen molar-refractivity contribution in [1.29, 1.82) is 0 Å². The molecule has 2 unspecified atom stereocenters. The Morgan fingerprint density at radius 2 is 2.08 bits per heavy atom. The van der Waals surface area contributed by atoms with Crippen LogP contribution in [0.2, 0.25) is 0 Å². The molecular weight excluding hydrogens is 148 g/mol. The first-order chi connectivity index (χ1) is 5.77. The van der Waals surface area contributed by atoms with Crippen molar-refractivity contribution >= 4 is 0 Å². The molecule has 1 fully saturated rings. The highest BCUT2D eigenvalue weighted by molar-refractivity contribution is 4.76. The molecule has 0 aromatic carbocycles. The van der Waals surface area contributed by atoms with E-state index in [1.165, 1.54) is 32.1 Å². The highest BCUT2D eigenvalue weighted by Crippen LogP contribution is 2.33. The zero-order valence-electron chi connectivity index (χ0n) is 8.42. The number of rotatable bonds is 3. The fraction of sp³-hybridized carbons (Fsp3) is 1.00. The van der Waals surface area contributed by atoms with Crippen LogP contribution in [0.25, 0.3) is 0 Å².